The van der Waals surface area contributed by atoms with Crippen LogP contribution in [-0.4, -0.2) is 12.6 Å². The quantitative estimate of drug-likeness (QED) is 0.350. The zero-order valence-corrected chi connectivity index (χ0v) is 12.4. The largest absolute Gasteiger partial charge is 0.323 e. The Balaban J connectivity index is 2.51. The second-order valence-corrected chi connectivity index (χ2v) is 7.76. The lowest BCUT2D eigenvalue weighted by atomic mass is 10.3. The van der Waals surface area contributed by atoms with E-state index in [0.29, 0.717) is 10.6 Å². The second-order valence-electron chi connectivity index (χ2n) is 3.55. The molecule has 4 nitrogen and oxygen atoms in total. The van der Waals surface area contributed by atoms with Crippen LogP contribution in [0.5, 0.6) is 0 Å². The number of thioether (sulfide) groups is 1. The number of non-ortho nitro benzene ring substituents is 1. The van der Waals surface area contributed by atoms with Crippen molar-refractivity contribution >= 4 is 52.3 Å². The fourth-order valence-electron chi connectivity index (χ4n) is 1.53. The Morgan fingerprint density at radius 3 is 2.37 bits per heavy atom. The van der Waals surface area contributed by atoms with Gasteiger partial charge in [0.05, 0.1) is 10.6 Å². The summed E-state index contributed by atoms with van der Waals surface area (Å²) in [6.07, 6.45) is 3.62. The molecule has 2 rings (SSSR count). The van der Waals surface area contributed by atoms with E-state index < -0.39 is 8.05 Å². The molecule has 0 atom stereocenters. The number of hydrogen-bond acceptors (Lipinski definition) is 3. The van der Waals surface area contributed by atoms with Crippen LogP contribution in [-0.2, 0) is 0 Å². The number of benzene rings is 1. The van der Waals surface area contributed by atoms with Gasteiger partial charge in [-0.25, -0.2) is 0 Å². The van der Waals surface area contributed by atoms with Crippen LogP contribution in [0.15, 0.2) is 47.6 Å². The molecule has 0 spiro atoms. The number of aromatic nitrogens is 1. The summed E-state index contributed by atoms with van der Waals surface area (Å²) in [5, 5.41) is 10.8. The summed E-state index contributed by atoms with van der Waals surface area (Å²) < 4.78 is 0.208. The lowest BCUT2D eigenvalue weighted by molar-refractivity contribution is -0.385. The van der Waals surface area contributed by atoms with Crippen molar-refractivity contribution in [1.29, 1.82) is 0 Å². The third-order valence-electron chi connectivity index (χ3n) is 2.26. The van der Waals surface area contributed by atoms with Gasteiger partial charge in [-0.3, -0.25) is 10.1 Å². The van der Waals surface area contributed by atoms with Crippen molar-refractivity contribution in [3.63, 3.8) is 0 Å². The summed E-state index contributed by atoms with van der Waals surface area (Å²) in [7, 11) is 0. The molecule has 0 aliphatic heterocycles. The Labute approximate surface area is 128 Å². The van der Waals surface area contributed by atoms with E-state index in [1.54, 1.807) is 10.6 Å². The molecule has 0 N–H and O–H groups in total. The smallest absolute Gasteiger partial charge is 0.270 e. The average molecular weight is 338 g/mol. The van der Waals surface area contributed by atoms with E-state index in [0.717, 1.165) is 11.8 Å². The van der Waals surface area contributed by atoms with Gasteiger partial charge in [0, 0.05) is 29.4 Å². The van der Waals surface area contributed by atoms with Gasteiger partial charge in [-0.2, -0.15) is 0 Å². The Hall–Kier alpha value is -0.880. The highest BCUT2D eigenvalue weighted by Gasteiger charge is 2.25. The number of halogens is 3. The van der Waals surface area contributed by atoms with Gasteiger partial charge >= 0.3 is 0 Å². The SMILES string of the molecule is O=[N+]([O-])c1ccc(-n2cccc2)c(SC(Cl)(Cl)Cl)c1. The number of nitro benzene ring substituents is 1. The number of nitrogens with zero attached hydrogens (tertiary/aromatic N) is 2. The summed E-state index contributed by atoms with van der Waals surface area (Å²) >= 11 is 18.2. The van der Waals surface area contributed by atoms with Crippen LogP contribution in [0.25, 0.3) is 5.69 Å². The zero-order chi connectivity index (χ0) is 14.0. The summed E-state index contributed by atoms with van der Waals surface area (Å²) in [6, 6.07) is 8.10. The van der Waals surface area contributed by atoms with Gasteiger partial charge in [0.1, 0.15) is 0 Å². The van der Waals surface area contributed by atoms with Gasteiger partial charge in [-0.15, -0.1) is 0 Å². The third-order valence-corrected chi connectivity index (χ3v) is 3.74. The predicted molar refractivity (Wildman–Crippen MR) is 78.6 cm³/mol. The van der Waals surface area contributed by atoms with Gasteiger partial charge in [-0.1, -0.05) is 46.6 Å². The first kappa shape index (κ1) is 14.5. The fraction of sp³-hybridized carbons (Fsp3) is 0.0909. The number of rotatable bonds is 3. The highest BCUT2D eigenvalue weighted by atomic mass is 35.6. The molecule has 2 aromatic rings. The van der Waals surface area contributed by atoms with Crippen LogP contribution in [0.2, 0.25) is 0 Å². The Kier molecular flexibility index (Phi) is 4.30. The van der Waals surface area contributed by atoms with Crippen molar-refractivity contribution in [3.05, 3.63) is 52.8 Å². The van der Waals surface area contributed by atoms with E-state index >= 15 is 0 Å². The van der Waals surface area contributed by atoms with E-state index in [4.69, 9.17) is 34.8 Å². The first-order valence-electron chi connectivity index (χ1n) is 5.04. The zero-order valence-electron chi connectivity index (χ0n) is 9.29. The standard InChI is InChI=1S/C11H7Cl3N2O2S/c12-11(13,14)19-10-7-8(16(17)18)3-4-9(10)15-5-1-2-6-15/h1-7H. The van der Waals surface area contributed by atoms with Gasteiger partial charge in [0.2, 0.25) is 3.12 Å². The van der Waals surface area contributed by atoms with Gasteiger partial charge in [0.25, 0.3) is 5.69 Å². The van der Waals surface area contributed by atoms with Crippen molar-refractivity contribution in [2.75, 3.05) is 0 Å². The average Bonchev–Trinajstić information content (AvgIpc) is 2.79. The minimum atomic E-state index is -1.59. The second kappa shape index (κ2) is 5.63. The minimum Gasteiger partial charge on any atom is -0.323 e. The summed E-state index contributed by atoms with van der Waals surface area (Å²) in [4.78, 5) is 10.8. The molecule has 19 heavy (non-hydrogen) atoms. The van der Waals surface area contributed by atoms with Crippen molar-refractivity contribution in [2.24, 2.45) is 0 Å². The molecule has 1 heterocycles. The molecule has 1 aromatic heterocycles. The number of alkyl halides is 3. The van der Waals surface area contributed by atoms with E-state index in [1.807, 2.05) is 24.5 Å². The van der Waals surface area contributed by atoms with E-state index in [-0.39, 0.29) is 5.69 Å². The normalized spacial score (nSPS) is 11.5. The summed E-state index contributed by atoms with van der Waals surface area (Å²) in [6.45, 7) is 0. The maximum atomic E-state index is 10.8. The molecule has 0 saturated heterocycles. The first-order valence-corrected chi connectivity index (χ1v) is 6.99. The van der Waals surface area contributed by atoms with Crippen LogP contribution in [0, 0.1) is 10.1 Å². The van der Waals surface area contributed by atoms with E-state index in [2.05, 4.69) is 0 Å². The molecule has 0 aliphatic rings. The van der Waals surface area contributed by atoms with Crippen LogP contribution < -0.4 is 0 Å². The highest BCUT2D eigenvalue weighted by Crippen LogP contribution is 2.46. The highest BCUT2D eigenvalue weighted by molar-refractivity contribution is 8.04. The number of nitro groups is 1. The molecular formula is C11H7Cl3N2O2S. The lowest BCUT2D eigenvalue weighted by Crippen LogP contribution is -2.00. The molecule has 0 fully saturated rings. The molecule has 100 valence electrons. The van der Waals surface area contributed by atoms with Gasteiger partial charge in [0.15, 0.2) is 0 Å². The van der Waals surface area contributed by atoms with Gasteiger partial charge in [-0.05, 0) is 18.2 Å². The fourth-order valence-corrected chi connectivity index (χ4v) is 2.99. The molecule has 8 heteroatoms. The van der Waals surface area contributed by atoms with Crippen LogP contribution in [0.4, 0.5) is 5.69 Å². The Morgan fingerprint density at radius 2 is 1.84 bits per heavy atom. The molecule has 0 unspecified atom stereocenters. The van der Waals surface area contributed by atoms with Crippen LogP contribution in [0.1, 0.15) is 0 Å². The van der Waals surface area contributed by atoms with Crippen molar-refractivity contribution in [2.45, 2.75) is 8.02 Å². The van der Waals surface area contributed by atoms with Crippen molar-refractivity contribution in [3.8, 4) is 5.69 Å². The van der Waals surface area contributed by atoms with Crippen molar-refractivity contribution < 1.29 is 4.92 Å². The maximum Gasteiger partial charge on any atom is 0.270 e. The molecule has 0 radical (unpaired) electrons. The predicted octanol–water partition coefficient (Wildman–Crippen LogP) is 4.81. The molecule has 0 aliphatic carbocycles. The van der Waals surface area contributed by atoms with E-state index in [1.165, 1.54) is 12.1 Å². The van der Waals surface area contributed by atoms with Crippen molar-refractivity contribution in [1.82, 2.24) is 4.57 Å². The number of hydrogen-bond donors (Lipinski definition) is 0. The first-order chi connectivity index (χ1) is 8.87. The molecule has 0 amide bonds. The monoisotopic (exact) mass is 336 g/mol. The van der Waals surface area contributed by atoms with Crippen LogP contribution >= 0.6 is 46.6 Å². The van der Waals surface area contributed by atoms with Crippen LogP contribution in [0.3, 0.4) is 0 Å². The molecule has 1 aromatic carbocycles. The molecule has 0 saturated carbocycles. The minimum absolute atomic E-state index is 0.0485. The summed E-state index contributed by atoms with van der Waals surface area (Å²) in [5.74, 6) is 0. The third kappa shape index (κ3) is 3.79. The Bertz CT molecular complexity index is 596. The topological polar surface area (TPSA) is 48.1 Å². The maximum absolute atomic E-state index is 10.8. The lowest BCUT2D eigenvalue weighted by Gasteiger charge is -2.14. The molecule has 0 bridgehead atoms. The molecular weight excluding hydrogens is 331 g/mol. The van der Waals surface area contributed by atoms with Gasteiger partial charge < -0.3 is 4.57 Å². The van der Waals surface area contributed by atoms with E-state index in [9.17, 15) is 10.1 Å². The summed E-state index contributed by atoms with van der Waals surface area (Å²) in [5.41, 5.74) is 0.666. The Morgan fingerprint density at radius 1 is 1.21 bits per heavy atom.